The van der Waals surface area contributed by atoms with Crippen molar-refractivity contribution in [1.82, 2.24) is 9.78 Å². The van der Waals surface area contributed by atoms with E-state index in [9.17, 15) is 4.79 Å². The lowest BCUT2D eigenvalue weighted by Gasteiger charge is -2.03. The van der Waals surface area contributed by atoms with Crippen LogP contribution in [0.5, 0.6) is 0 Å². The summed E-state index contributed by atoms with van der Waals surface area (Å²) in [6, 6.07) is 9.82. The summed E-state index contributed by atoms with van der Waals surface area (Å²) in [6.07, 6.45) is 2.53. The van der Waals surface area contributed by atoms with Gasteiger partial charge in [-0.25, -0.2) is 9.48 Å². The number of aromatic nitrogens is 2. The summed E-state index contributed by atoms with van der Waals surface area (Å²) < 4.78 is 1.66. The molecule has 4 nitrogen and oxygen atoms in total. The highest BCUT2D eigenvalue weighted by Crippen LogP contribution is 2.22. The van der Waals surface area contributed by atoms with Crippen LogP contribution in [0, 0.1) is 6.92 Å². The van der Waals surface area contributed by atoms with Crippen LogP contribution in [0.15, 0.2) is 36.4 Å². The first-order chi connectivity index (χ1) is 9.08. The summed E-state index contributed by atoms with van der Waals surface area (Å²) in [4.78, 5) is 10.5. The zero-order valence-electron chi connectivity index (χ0n) is 10.4. The first-order valence-electron chi connectivity index (χ1n) is 5.76. The van der Waals surface area contributed by atoms with E-state index in [1.54, 1.807) is 11.6 Å². The van der Waals surface area contributed by atoms with E-state index >= 15 is 0 Å². The summed E-state index contributed by atoms with van der Waals surface area (Å²) in [5, 5.41) is 13.4. The van der Waals surface area contributed by atoms with Gasteiger partial charge in [0, 0.05) is 11.6 Å². The third kappa shape index (κ3) is 3.23. The summed E-state index contributed by atoms with van der Waals surface area (Å²) >= 11 is 6.22. The highest BCUT2D eigenvalue weighted by atomic mass is 35.5. The second kappa shape index (κ2) is 5.71. The number of rotatable bonds is 4. The van der Waals surface area contributed by atoms with Gasteiger partial charge in [-0.2, -0.15) is 5.10 Å². The Bertz CT molecular complexity index is 618. The number of carboxylic acid groups (broad SMARTS) is 1. The molecule has 0 saturated carbocycles. The molecular weight excluding hydrogens is 264 g/mol. The van der Waals surface area contributed by atoms with Gasteiger partial charge in [-0.05, 0) is 18.6 Å². The molecule has 0 aliphatic heterocycles. The van der Waals surface area contributed by atoms with Gasteiger partial charge in [0.05, 0.1) is 12.2 Å². The van der Waals surface area contributed by atoms with Crippen molar-refractivity contribution in [2.75, 3.05) is 0 Å². The van der Waals surface area contributed by atoms with E-state index < -0.39 is 5.97 Å². The monoisotopic (exact) mass is 276 g/mol. The minimum Gasteiger partial charge on any atom is -0.478 e. The number of hydrogen-bond acceptors (Lipinski definition) is 2. The maximum absolute atomic E-state index is 10.5. The van der Waals surface area contributed by atoms with Crippen LogP contribution in [-0.2, 0) is 11.3 Å². The van der Waals surface area contributed by atoms with E-state index in [-0.39, 0.29) is 0 Å². The van der Waals surface area contributed by atoms with Gasteiger partial charge in [-0.3, -0.25) is 0 Å². The molecule has 0 radical (unpaired) electrons. The lowest BCUT2D eigenvalue weighted by molar-refractivity contribution is -0.131. The summed E-state index contributed by atoms with van der Waals surface area (Å²) in [5.74, 6) is -1.01. The zero-order chi connectivity index (χ0) is 13.8. The average Bonchev–Trinajstić information content (AvgIpc) is 2.63. The maximum atomic E-state index is 10.5. The van der Waals surface area contributed by atoms with Gasteiger partial charge >= 0.3 is 5.97 Å². The summed E-state index contributed by atoms with van der Waals surface area (Å²) in [5.41, 5.74) is 2.43. The minimum atomic E-state index is -1.01. The highest BCUT2D eigenvalue weighted by Gasteiger charge is 2.11. The second-order valence-electron chi connectivity index (χ2n) is 4.10. The Morgan fingerprint density at radius 2 is 2.11 bits per heavy atom. The molecule has 0 unspecified atom stereocenters. The van der Waals surface area contributed by atoms with Crippen molar-refractivity contribution in [2.45, 2.75) is 13.5 Å². The van der Waals surface area contributed by atoms with Crippen LogP contribution in [0.1, 0.15) is 16.8 Å². The molecule has 0 fully saturated rings. The van der Waals surface area contributed by atoms with Crippen LogP contribution < -0.4 is 0 Å². The van der Waals surface area contributed by atoms with Gasteiger partial charge in [-0.1, -0.05) is 41.9 Å². The number of hydrogen-bond donors (Lipinski definition) is 1. The Morgan fingerprint density at radius 3 is 2.74 bits per heavy atom. The predicted molar refractivity (Wildman–Crippen MR) is 74.2 cm³/mol. The summed E-state index contributed by atoms with van der Waals surface area (Å²) in [7, 11) is 0. The van der Waals surface area contributed by atoms with E-state index in [2.05, 4.69) is 5.10 Å². The molecule has 0 amide bonds. The molecule has 0 atom stereocenters. The van der Waals surface area contributed by atoms with Crippen molar-refractivity contribution >= 4 is 23.6 Å². The van der Waals surface area contributed by atoms with Gasteiger partial charge < -0.3 is 5.11 Å². The lowest BCUT2D eigenvalue weighted by atomic mass is 10.2. The minimum absolute atomic E-state index is 0.443. The topological polar surface area (TPSA) is 55.1 Å². The Morgan fingerprint density at radius 1 is 1.42 bits per heavy atom. The maximum Gasteiger partial charge on any atom is 0.328 e. The fourth-order valence-electron chi connectivity index (χ4n) is 1.77. The van der Waals surface area contributed by atoms with Crippen LogP contribution in [0.2, 0.25) is 5.15 Å². The van der Waals surface area contributed by atoms with Crippen molar-refractivity contribution in [2.24, 2.45) is 0 Å². The van der Waals surface area contributed by atoms with Crippen LogP contribution in [0.25, 0.3) is 6.08 Å². The third-order valence-corrected chi connectivity index (χ3v) is 3.08. The first kappa shape index (κ1) is 13.4. The first-order valence-corrected chi connectivity index (χ1v) is 6.13. The second-order valence-corrected chi connectivity index (χ2v) is 4.46. The Hall–Kier alpha value is -2.07. The molecule has 0 saturated heterocycles. The predicted octanol–water partition coefficient (Wildman–Crippen LogP) is 2.99. The molecule has 2 aromatic rings. The van der Waals surface area contributed by atoms with Gasteiger partial charge in [0.1, 0.15) is 5.15 Å². The molecule has 1 aromatic carbocycles. The van der Waals surface area contributed by atoms with Crippen LogP contribution >= 0.6 is 11.6 Å². The molecule has 1 N–H and O–H groups in total. The molecular formula is C14H13ClN2O2. The van der Waals surface area contributed by atoms with Gasteiger partial charge in [-0.15, -0.1) is 0 Å². The number of nitrogens with zero attached hydrogens (tertiary/aromatic N) is 2. The van der Waals surface area contributed by atoms with E-state index in [0.29, 0.717) is 23.0 Å². The van der Waals surface area contributed by atoms with Crippen molar-refractivity contribution in [3.8, 4) is 0 Å². The van der Waals surface area contributed by atoms with Gasteiger partial charge in [0.15, 0.2) is 0 Å². The highest BCUT2D eigenvalue weighted by molar-refractivity contribution is 6.31. The third-order valence-electron chi connectivity index (χ3n) is 2.68. The average molecular weight is 277 g/mol. The Kier molecular flexibility index (Phi) is 4.02. The standard InChI is InChI=1S/C14H13ClN2O2/c1-10-12(7-8-13(18)19)14(15)17(16-10)9-11-5-3-2-4-6-11/h2-8H,9H2,1H3,(H,18,19)/b8-7+. The Balaban J connectivity index is 2.29. The molecule has 0 aliphatic carbocycles. The van der Waals surface area contributed by atoms with Crippen molar-refractivity contribution in [3.63, 3.8) is 0 Å². The number of carboxylic acids is 1. The van der Waals surface area contributed by atoms with Gasteiger partial charge in [0.25, 0.3) is 0 Å². The molecule has 98 valence electrons. The number of benzene rings is 1. The zero-order valence-corrected chi connectivity index (χ0v) is 11.1. The SMILES string of the molecule is Cc1nn(Cc2ccccc2)c(Cl)c1/C=C/C(=O)O. The van der Waals surface area contributed by atoms with E-state index in [4.69, 9.17) is 16.7 Å². The van der Waals surface area contributed by atoms with Crippen LogP contribution in [-0.4, -0.2) is 20.9 Å². The molecule has 0 aliphatic rings. The number of aryl methyl sites for hydroxylation is 1. The smallest absolute Gasteiger partial charge is 0.328 e. The Labute approximate surface area is 115 Å². The molecule has 1 aromatic heterocycles. The van der Waals surface area contributed by atoms with Crippen molar-refractivity contribution < 1.29 is 9.90 Å². The fourth-order valence-corrected chi connectivity index (χ4v) is 2.07. The molecule has 2 rings (SSSR count). The molecule has 0 spiro atoms. The molecule has 5 heteroatoms. The largest absolute Gasteiger partial charge is 0.478 e. The van der Waals surface area contributed by atoms with Crippen LogP contribution in [0.3, 0.4) is 0 Å². The molecule has 0 bridgehead atoms. The molecule has 19 heavy (non-hydrogen) atoms. The van der Waals surface area contributed by atoms with Crippen molar-refractivity contribution in [3.05, 3.63) is 58.4 Å². The number of aliphatic carboxylic acids is 1. The number of halogens is 1. The molecule has 1 heterocycles. The van der Waals surface area contributed by atoms with E-state index in [0.717, 1.165) is 11.6 Å². The quantitative estimate of drug-likeness (QED) is 0.874. The normalized spacial score (nSPS) is 11.1. The fraction of sp³-hybridized carbons (Fsp3) is 0.143. The number of carbonyl (C=O) groups is 1. The van der Waals surface area contributed by atoms with Crippen LogP contribution in [0.4, 0.5) is 0 Å². The lowest BCUT2D eigenvalue weighted by Crippen LogP contribution is -2.01. The van der Waals surface area contributed by atoms with Crippen molar-refractivity contribution in [1.29, 1.82) is 0 Å². The van der Waals surface area contributed by atoms with E-state index in [1.165, 1.54) is 6.08 Å². The van der Waals surface area contributed by atoms with E-state index in [1.807, 2.05) is 30.3 Å². The van der Waals surface area contributed by atoms with Gasteiger partial charge in [0.2, 0.25) is 0 Å². The summed E-state index contributed by atoms with van der Waals surface area (Å²) in [6.45, 7) is 2.36.